The highest BCUT2D eigenvalue weighted by Gasteiger charge is 2.33. The lowest BCUT2D eigenvalue weighted by molar-refractivity contribution is -0.162. The molecule has 9 heteroatoms. The van der Waals surface area contributed by atoms with Gasteiger partial charge in [0.15, 0.2) is 6.61 Å². The number of aliphatic carboxylic acids is 1. The van der Waals surface area contributed by atoms with Crippen molar-refractivity contribution in [1.82, 2.24) is 9.80 Å². The Hall–Kier alpha value is -2.65. The van der Waals surface area contributed by atoms with Crippen molar-refractivity contribution in [2.45, 2.75) is 44.8 Å². The summed E-state index contributed by atoms with van der Waals surface area (Å²) in [5.74, 6) is -1.18. The van der Waals surface area contributed by atoms with Crippen LogP contribution in [0.4, 0.5) is 0 Å². The minimum absolute atomic E-state index is 0.124. The number of esters is 1. The molecule has 2 atom stereocenters. The standard InChI is InChI=1S/C23H32N2O7/c1-17(26)25-9-3-2-7-20(25)23(29)32-21(8-10-24-11-13-30-14-12-24)18-5-4-6-19(15-18)31-16-22(27)28/h4-6,15,20-21H,2-3,7-14,16H2,1H3,(H,27,28)/t20-,21+/m0/s1. The van der Waals surface area contributed by atoms with Crippen LogP contribution in [0.25, 0.3) is 0 Å². The molecular weight excluding hydrogens is 416 g/mol. The van der Waals surface area contributed by atoms with Gasteiger partial charge in [-0.3, -0.25) is 9.69 Å². The number of benzene rings is 1. The summed E-state index contributed by atoms with van der Waals surface area (Å²) in [6.07, 6.45) is 2.39. The zero-order valence-electron chi connectivity index (χ0n) is 18.5. The van der Waals surface area contributed by atoms with Gasteiger partial charge in [-0.2, -0.15) is 0 Å². The quantitative estimate of drug-likeness (QED) is 0.571. The van der Waals surface area contributed by atoms with Gasteiger partial charge in [-0.25, -0.2) is 9.59 Å². The molecule has 0 radical (unpaired) electrons. The summed E-state index contributed by atoms with van der Waals surface area (Å²) < 4.78 is 16.7. The Kier molecular flexibility index (Phi) is 8.87. The lowest BCUT2D eigenvalue weighted by Crippen LogP contribution is -2.48. The number of carboxylic acid groups (broad SMARTS) is 1. The molecule has 1 N–H and O–H groups in total. The molecule has 176 valence electrons. The van der Waals surface area contributed by atoms with Crippen molar-refractivity contribution in [3.63, 3.8) is 0 Å². The first kappa shape index (κ1) is 24.0. The Morgan fingerprint density at radius 1 is 1.19 bits per heavy atom. The van der Waals surface area contributed by atoms with E-state index in [4.69, 9.17) is 19.3 Å². The molecule has 32 heavy (non-hydrogen) atoms. The molecule has 0 saturated carbocycles. The molecule has 0 aromatic heterocycles. The van der Waals surface area contributed by atoms with Crippen molar-refractivity contribution in [3.05, 3.63) is 29.8 Å². The maximum atomic E-state index is 13.1. The first-order valence-corrected chi connectivity index (χ1v) is 11.2. The summed E-state index contributed by atoms with van der Waals surface area (Å²) in [6, 6.07) is 6.41. The van der Waals surface area contributed by atoms with Crippen LogP contribution in [0.2, 0.25) is 0 Å². The maximum Gasteiger partial charge on any atom is 0.341 e. The fraction of sp³-hybridized carbons (Fsp3) is 0.609. The van der Waals surface area contributed by atoms with E-state index in [0.29, 0.717) is 38.3 Å². The number of carbonyl (C=O) groups is 3. The van der Waals surface area contributed by atoms with Crippen LogP contribution in [0.5, 0.6) is 5.75 Å². The topological polar surface area (TPSA) is 106 Å². The summed E-state index contributed by atoms with van der Waals surface area (Å²) in [7, 11) is 0. The molecule has 0 unspecified atom stereocenters. The summed E-state index contributed by atoms with van der Waals surface area (Å²) >= 11 is 0. The monoisotopic (exact) mass is 448 g/mol. The van der Waals surface area contributed by atoms with Crippen molar-refractivity contribution in [2.24, 2.45) is 0 Å². The number of likely N-dealkylation sites (tertiary alicyclic amines) is 1. The van der Waals surface area contributed by atoms with Gasteiger partial charge in [0.05, 0.1) is 13.2 Å². The molecule has 0 spiro atoms. The van der Waals surface area contributed by atoms with Crippen LogP contribution in [-0.4, -0.2) is 84.8 Å². The van der Waals surface area contributed by atoms with Gasteiger partial charge in [-0.1, -0.05) is 12.1 Å². The molecule has 0 aliphatic carbocycles. The number of morpholine rings is 1. The predicted octanol–water partition coefficient (Wildman–Crippen LogP) is 1.86. The number of nitrogens with zero attached hydrogens (tertiary/aromatic N) is 2. The van der Waals surface area contributed by atoms with Gasteiger partial charge in [-0.05, 0) is 37.0 Å². The van der Waals surface area contributed by atoms with E-state index in [1.54, 1.807) is 23.1 Å². The Labute approximate surface area is 188 Å². The molecule has 2 aliphatic heterocycles. The summed E-state index contributed by atoms with van der Waals surface area (Å²) in [5, 5.41) is 8.87. The van der Waals surface area contributed by atoms with Crippen LogP contribution in [0, 0.1) is 0 Å². The maximum absolute atomic E-state index is 13.1. The highest BCUT2D eigenvalue weighted by Crippen LogP contribution is 2.28. The second-order valence-electron chi connectivity index (χ2n) is 8.15. The normalized spacial score (nSPS) is 20.4. The van der Waals surface area contributed by atoms with E-state index in [0.717, 1.165) is 38.0 Å². The minimum atomic E-state index is -1.06. The summed E-state index contributed by atoms with van der Waals surface area (Å²) in [4.78, 5) is 39.8. The number of amides is 1. The van der Waals surface area contributed by atoms with E-state index < -0.39 is 30.7 Å². The van der Waals surface area contributed by atoms with Gasteiger partial charge in [0, 0.05) is 39.5 Å². The molecule has 9 nitrogen and oxygen atoms in total. The SMILES string of the molecule is CC(=O)N1CCCC[C@H]1C(=O)O[C@H](CCN1CCOCC1)c1cccc(OCC(=O)O)c1. The van der Waals surface area contributed by atoms with Crippen LogP contribution in [0.3, 0.4) is 0 Å². The number of carboxylic acids is 1. The molecular formula is C23H32N2O7. The Balaban J connectivity index is 1.74. The average molecular weight is 449 g/mol. The number of rotatable bonds is 9. The van der Waals surface area contributed by atoms with E-state index in [1.165, 1.54) is 6.92 Å². The molecule has 3 rings (SSSR count). The molecule has 2 aliphatic rings. The second-order valence-corrected chi connectivity index (χ2v) is 8.15. The lowest BCUT2D eigenvalue weighted by Gasteiger charge is -2.34. The zero-order chi connectivity index (χ0) is 22.9. The van der Waals surface area contributed by atoms with Crippen molar-refractivity contribution in [3.8, 4) is 5.75 Å². The van der Waals surface area contributed by atoms with Crippen molar-refractivity contribution in [2.75, 3.05) is 46.0 Å². The van der Waals surface area contributed by atoms with E-state index in [1.807, 2.05) is 6.07 Å². The number of hydrogen-bond acceptors (Lipinski definition) is 7. The van der Waals surface area contributed by atoms with Crippen LogP contribution >= 0.6 is 0 Å². The van der Waals surface area contributed by atoms with Gasteiger partial charge in [-0.15, -0.1) is 0 Å². The fourth-order valence-corrected chi connectivity index (χ4v) is 4.14. The third kappa shape index (κ3) is 6.93. The van der Waals surface area contributed by atoms with Crippen molar-refractivity contribution < 1.29 is 33.7 Å². The molecule has 2 heterocycles. The van der Waals surface area contributed by atoms with Crippen LogP contribution in [-0.2, 0) is 23.9 Å². The second kappa shape index (κ2) is 11.8. The summed E-state index contributed by atoms with van der Waals surface area (Å²) in [5.41, 5.74) is 0.736. The Bertz CT molecular complexity index is 794. The van der Waals surface area contributed by atoms with Gasteiger partial charge < -0.3 is 24.2 Å². The van der Waals surface area contributed by atoms with Gasteiger partial charge >= 0.3 is 11.9 Å². The minimum Gasteiger partial charge on any atom is -0.482 e. The third-order valence-electron chi connectivity index (χ3n) is 5.84. The first-order valence-electron chi connectivity index (χ1n) is 11.2. The van der Waals surface area contributed by atoms with Gasteiger partial charge in [0.1, 0.15) is 17.9 Å². The third-order valence-corrected chi connectivity index (χ3v) is 5.84. The molecule has 1 aromatic carbocycles. The highest BCUT2D eigenvalue weighted by molar-refractivity contribution is 5.83. The highest BCUT2D eigenvalue weighted by atomic mass is 16.5. The van der Waals surface area contributed by atoms with E-state index in [-0.39, 0.29) is 5.91 Å². The average Bonchev–Trinajstić information content (AvgIpc) is 2.81. The van der Waals surface area contributed by atoms with Crippen LogP contribution in [0.15, 0.2) is 24.3 Å². The van der Waals surface area contributed by atoms with E-state index >= 15 is 0 Å². The predicted molar refractivity (Wildman–Crippen MR) is 115 cm³/mol. The molecule has 2 saturated heterocycles. The molecule has 2 fully saturated rings. The fourth-order valence-electron chi connectivity index (χ4n) is 4.14. The molecule has 1 aromatic rings. The number of carbonyl (C=O) groups excluding carboxylic acids is 2. The smallest absolute Gasteiger partial charge is 0.341 e. The number of piperidine rings is 1. The molecule has 1 amide bonds. The van der Waals surface area contributed by atoms with Crippen molar-refractivity contribution in [1.29, 1.82) is 0 Å². The zero-order valence-corrected chi connectivity index (χ0v) is 18.5. The Morgan fingerprint density at radius 2 is 1.97 bits per heavy atom. The van der Waals surface area contributed by atoms with E-state index in [2.05, 4.69) is 4.90 Å². The van der Waals surface area contributed by atoms with Gasteiger partial charge in [0.2, 0.25) is 5.91 Å². The van der Waals surface area contributed by atoms with Gasteiger partial charge in [0.25, 0.3) is 0 Å². The first-order chi connectivity index (χ1) is 15.4. The largest absolute Gasteiger partial charge is 0.482 e. The van der Waals surface area contributed by atoms with Crippen LogP contribution < -0.4 is 4.74 Å². The number of ether oxygens (including phenoxy) is 3. The summed E-state index contributed by atoms with van der Waals surface area (Å²) in [6.45, 7) is 5.32. The lowest BCUT2D eigenvalue weighted by atomic mass is 10.0. The van der Waals surface area contributed by atoms with Crippen molar-refractivity contribution >= 4 is 17.8 Å². The Morgan fingerprint density at radius 3 is 2.69 bits per heavy atom. The molecule has 0 bridgehead atoms. The number of hydrogen-bond donors (Lipinski definition) is 1. The van der Waals surface area contributed by atoms with E-state index in [9.17, 15) is 14.4 Å². The van der Waals surface area contributed by atoms with Crippen LogP contribution in [0.1, 0.15) is 44.3 Å².